The molecule has 0 radical (unpaired) electrons. The molecule has 0 bridgehead atoms. The fourth-order valence-electron chi connectivity index (χ4n) is 3.17. The predicted octanol–water partition coefficient (Wildman–Crippen LogP) is 3.49. The molecule has 1 amide bonds. The standard InChI is InChI=1S/C19H20FNO5S2/c1-2-26-19(23)17-15(13-3-5-14(20)6-4-13)10-27-18(17)21-16(22)9-12-7-8-28(24,25)11-12/h3-6,10,12H,2,7-9,11H2,1H3,(H,21,22)/t12-/m1/s1. The quantitative estimate of drug-likeness (QED) is 0.716. The van der Waals surface area contributed by atoms with Gasteiger partial charge in [-0.05, 0) is 37.0 Å². The van der Waals surface area contributed by atoms with Crippen molar-refractivity contribution < 1.29 is 27.1 Å². The number of sulfone groups is 1. The first-order chi connectivity index (χ1) is 13.3. The Bertz CT molecular complexity index is 982. The number of amides is 1. The maximum atomic E-state index is 13.2. The maximum Gasteiger partial charge on any atom is 0.341 e. The van der Waals surface area contributed by atoms with Crippen LogP contribution in [-0.4, -0.2) is 38.4 Å². The second-order valence-electron chi connectivity index (χ2n) is 6.60. The minimum atomic E-state index is -3.06. The molecule has 1 atom stereocenters. The minimum Gasteiger partial charge on any atom is -0.462 e. The van der Waals surface area contributed by atoms with E-state index < -0.39 is 21.6 Å². The maximum absolute atomic E-state index is 13.2. The number of hydrogen-bond donors (Lipinski definition) is 1. The average molecular weight is 426 g/mol. The molecule has 1 aromatic carbocycles. The average Bonchev–Trinajstić information content (AvgIpc) is 3.18. The van der Waals surface area contributed by atoms with Gasteiger partial charge in [-0.1, -0.05) is 12.1 Å². The highest BCUT2D eigenvalue weighted by atomic mass is 32.2. The zero-order valence-electron chi connectivity index (χ0n) is 15.2. The highest BCUT2D eigenvalue weighted by molar-refractivity contribution is 7.91. The van der Waals surface area contributed by atoms with Crippen LogP contribution in [0.5, 0.6) is 0 Å². The van der Waals surface area contributed by atoms with Crippen LogP contribution >= 0.6 is 11.3 Å². The van der Waals surface area contributed by atoms with Gasteiger partial charge in [0.05, 0.1) is 18.1 Å². The van der Waals surface area contributed by atoms with Crippen LogP contribution in [0.1, 0.15) is 30.1 Å². The molecule has 0 unspecified atom stereocenters. The fraction of sp³-hybridized carbons (Fsp3) is 0.368. The number of hydrogen-bond acceptors (Lipinski definition) is 6. The molecule has 1 saturated heterocycles. The largest absolute Gasteiger partial charge is 0.462 e. The summed E-state index contributed by atoms with van der Waals surface area (Å²) in [5, 5.41) is 4.76. The number of ether oxygens (including phenoxy) is 1. The van der Waals surface area contributed by atoms with Gasteiger partial charge in [-0.3, -0.25) is 4.79 Å². The normalized spacial score (nSPS) is 18.0. The SMILES string of the molecule is CCOC(=O)c1c(-c2ccc(F)cc2)csc1NC(=O)C[C@H]1CCS(=O)(=O)C1. The van der Waals surface area contributed by atoms with Gasteiger partial charge in [0.15, 0.2) is 9.84 Å². The lowest BCUT2D eigenvalue weighted by Crippen LogP contribution is -2.18. The summed E-state index contributed by atoms with van der Waals surface area (Å²) in [5.41, 5.74) is 1.39. The van der Waals surface area contributed by atoms with E-state index in [1.54, 1.807) is 24.4 Å². The highest BCUT2D eigenvalue weighted by Crippen LogP contribution is 2.36. The molecule has 0 aliphatic carbocycles. The first kappa shape index (κ1) is 20.5. The first-order valence-electron chi connectivity index (χ1n) is 8.84. The molecule has 1 aliphatic heterocycles. The first-order valence-corrected chi connectivity index (χ1v) is 11.5. The Morgan fingerprint density at radius 1 is 1.29 bits per heavy atom. The third kappa shape index (κ3) is 4.77. The van der Waals surface area contributed by atoms with Gasteiger partial charge in [0.25, 0.3) is 0 Å². The molecule has 1 fully saturated rings. The van der Waals surface area contributed by atoms with E-state index in [1.807, 2.05) is 0 Å². The molecule has 3 rings (SSSR count). The van der Waals surface area contributed by atoms with E-state index in [0.29, 0.717) is 22.5 Å². The van der Waals surface area contributed by atoms with E-state index in [9.17, 15) is 22.4 Å². The van der Waals surface area contributed by atoms with Crippen molar-refractivity contribution in [1.29, 1.82) is 0 Å². The van der Waals surface area contributed by atoms with Crippen LogP contribution in [0, 0.1) is 11.7 Å². The molecule has 1 aromatic heterocycles. The molecule has 0 saturated carbocycles. The van der Waals surface area contributed by atoms with Gasteiger partial charge in [0.2, 0.25) is 5.91 Å². The Morgan fingerprint density at radius 2 is 2.00 bits per heavy atom. The van der Waals surface area contributed by atoms with E-state index in [0.717, 1.165) is 0 Å². The Hall–Kier alpha value is -2.26. The van der Waals surface area contributed by atoms with E-state index in [2.05, 4.69) is 5.32 Å². The number of thiophene rings is 1. The Labute approximate surface area is 166 Å². The lowest BCUT2D eigenvalue weighted by molar-refractivity contribution is -0.116. The molecule has 9 heteroatoms. The molecule has 150 valence electrons. The third-order valence-corrected chi connectivity index (χ3v) is 7.21. The molecular weight excluding hydrogens is 405 g/mol. The molecule has 6 nitrogen and oxygen atoms in total. The summed E-state index contributed by atoms with van der Waals surface area (Å²) >= 11 is 1.17. The van der Waals surface area contributed by atoms with Crippen molar-refractivity contribution in [2.24, 2.45) is 5.92 Å². The molecule has 1 N–H and O–H groups in total. The fourth-order valence-corrected chi connectivity index (χ4v) is 6.01. The second-order valence-corrected chi connectivity index (χ2v) is 9.71. The molecule has 28 heavy (non-hydrogen) atoms. The smallest absolute Gasteiger partial charge is 0.341 e. The van der Waals surface area contributed by atoms with E-state index in [1.165, 1.54) is 23.5 Å². The van der Waals surface area contributed by atoms with Crippen molar-refractivity contribution >= 4 is 38.1 Å². The zero-order valence-corrected chi connectivity index (χ0v) is 16.9. The summed E-state index contributed by atoms with van der Waals surface area (Å²) in [7, 11) is -3.06. The zero-order chi connectivity index (χ0) is 20.3. The number of esters is 1. The van der Waals surface area contributed by atoms with Crippen LogP contribution in [0.4, 0.5) is 9.39 Å². The van der Waals surface area contributed by atoms with Crippen LogP contribution < -0.4 is 5.32 Å². The summed E-state index contributed by atoms with van der Waals surface area (Å²) < 4.78 is 41.5. The van der Waals surface area contributed by atoms with Crippen molar-refractivity contribution in [1.82, 2.24) is 0 Å². The summed E-state index contributed by atoms with van der Waals surface area (Å²) in [4.78, 5) is 24.9. The van der Waals surface area contributed by atoms with Gasteiger partial charge in [-0.2, -0.15) is 0 Å². The number of carbonyl (C=O) groups is 2. The van der Waals surface area contributed by atoms with E-state index >= 15 is 0 Å². The van der Waals surface area contributed by atoms with Crippen LogP contribution in [0.2, 0.25) is 0 Å². The summed E-state index contributed by atoms with van der Waals surface area (Å²) in [5.74, 6) is -1.42. The summed E-state index contributed by atoms with van der Waals surface area (Å²) in [6, 6.07) is 5.69. The molecule has 1 aliphatic rings. The van der Waals surface area contributed by atoms with Gasteiger partial charge in [-0.25, -0.2) is 17.6 Å². The van der Waals surface area contributed by atoms with Crippen LogP contribution in [0.25, 0.3) is 11.1 Å². The molecule has 0 spiro atoms. The highest BCUT2D eigenvalue weighted by Gasteiger charge is 2.30. The lowest BCUT2D eigenvalue weighted by Gasteiger charge is -2.10. The van der Waals surface area contributed by atoms with Crippen molar-refractivity contribution in [3.63, 3.8) is 0 Å². The van der Waals surface area contributed by atoms with Crippen molar-refractivity contribution in [2.75, 3.05) is 23.4 Å². The Kier molecular flexibility index (Phi) is 6.14. The third-order valence-electron chi connectivity index (χ3n) is 4.48. The van der Waals surface area contributed by atoms with Gasteiger partial charge >= 0.3 is 5.97 Å². The van der Waals surface area contributed by atoms with Gasteiger partial charge in [0.1, 0.15) is 16.4 Å². The van der Waals surface area contributed by atoms with E-state index in [-0.39, 0.29) is 41.9 Å². The number of anilines is 1. The molecule has 2 heterocycles. The Balaban J connectivity index is 1.83. The van der Waals surface area contributed by atoms with Crippen LogP contribution in [0.15, 0.2) is 29.6 Å². The van der Waals surface area contributed by atoms with Gasteiger partial charge < -0.3 is 10.1 Å². The number of halogens is 1. The molecular formula is C19H20FNO5S2. The monoisotopic (exact) mass is 425 g/mol. The Morgan fingerprint density at radius 3 is 2.61 bits per heavy atom. The van der Waals surface area contributed by atoms with Gasteiger partial charge in [0, 0.05) is 17.4 Å². The lowest BCUT2D eigenvalue weighted by atomic mass is 10.0. The number of benzene rings is 1. The number of rotatable bonds is 6. The van der Waals surface area contributed by atoms with Crippen molar-refractivity contribution in [2.45, 2.75) is 19.8 Å². The number of nitrogens with one attached hydrogen (secondary N) is 1. The number of carbonyl (C=O) groups excluding carboxylic acids is 2. The predicted molar refractivity (Wildman–Crippen MR) is 106 cm³/mol. The molecule has 2 aromatic rings. The summed E-state index contributed by atoms with van der Waals surface area (Å²) in [6.07, 6.45) is 0.539. The second kappa shape index (κ2) is 8.40. The van der Waals surface area contributed by atoms with Crippen molar-refractivity contribution in [3.8, 4) is 11.1 Å². The topological polar surface area (TPSA) is 89.5 Å². The minimum absolute atomic E-state index is 0.0103. The van der Waals surface area contributed by atoms with E-state index in [4.69, 9.17) is 4.74 Å². The van der Waals surface area contributed by atoms with Crippen LogP contribution in [0.3, 0.4) is 0 Å². The van der Waals surface area contributed by atoms with Crippen LogP contribution in [-0.2, 0) is 19.4 Å². The van der Waals surface area contributed by atoms with Crippen molar-refractivity contribution in [3.05, 3.63) is 41.0 Å². The van der Waals surface area contributed by atoms with Gasteiger partial charge in [-0.15, -0.1) is 11.3 Å². The summed E-state index contributed by atoms with van der Waals surface area (Å²) in [6.45, 7) is 1.85.